The minimum Gasteiger partial charge on any atom is -0.361 e. The maximum Gasteiger partial charge on any atom is 0.262 e. The molecule has 0 amide bonds. The Morgan fingerprint density at radius 1 is 1.67 bits per heavy atom. The number of nitriles is 1. The van der Waals surface area contributed by atoms with Crippen molar-refractivity contribution in [2.75, 3.05) is 19.7 Å². The molecule has 7 nitrogen and oxygen atoms in total. The highest BCUT2D eigenvalue weighted by molar-refractivity contribution is 7.89. The molecule has 0 spiro atoms. The van der Waals surface area contributed by atoms with Gasteiger partial charge in [-0.25, -0.2) is 13.4 Å². The van der Waals surface area contributed by atoms with Crippen LogP contribution in [0.4, 0.5) is 0 Å². The summed E-state index contributed by atoms with van der Waals surface area (Å²) in [5.41, 5.74) is 0. The lowest BCUT2D eigenvalue weighted by Gasteiger charge is -2.28. The summed E-state index contributed by atoms with van der Waals surface area (Å²) in [7, 11) is -3.62. The van der Waals surface area contributed by atoms with Gasteiger partial charge in [-0.2, -0.15) is 9.57 Å². The number of imidazole rings is 1. The van der Waals surface area contributed by atoms with Crippen LogP contribution < -0.4 is 0 Å². The molecule has 8 heteroatoms. The summed E-state index contributed by atoms with van der Waals surface area (Å²) in [6.45, 7) is 3.09. The number of hydrogen-bond donors (Lipinski definition) is 0. The molecule has 1 saturated heterocycles. The van der Waals surface area contributed by atoms with E-state index in [1.807, 2.05) is 13.0 Å². The van der Waals surface area contributed by atoms with E-state index in [2.05, 4.69) is 4.98 Å². The number of rotatable bonds is 3. The largest absolute Gasteiger partial charge is 0.361 e. The molecule has 0 N–H and O–H groups in total. The smallest absolute Gasteiger partial charge is 0.262 e. The average Bonchev–Trinajstić information content (AvgIpc) is 2.88. The molecule has 0 aliphatic carbocycles. The lowest BCUT2D eigenvalue weighted by molar-refractivity contribution is 0.0310. The van der Waals surface area contributed by atoms with E-state index < -0.39 is 16.1 Å². The number of aryl methyl sites for hydroxylation is 1. The van der Waals surface area contributed by atoms with Crippen LogP contribution in [0.1, 0.15) is 6.92 Å². The number of ether oxygens (including phenoxy) is 1. The fourth-order valence-electron chi connectivity index (χ4n) is 1.70. The zero-order chi connectivity index (χ0) is 13.2. The molecule has 0 saturated carbocycles. The number of hydrogen-bond acceptors (Lipinski definition) is 5. The summed E-state index contributed by atoms with van der Waals surface area (Å²) in [5.74, 6) is 0. The van der Waals surface area contributed by atoms with Gasteiger partial charge in [0.25, 0.3) is 10.0 Å². The van der Waals surface area contributed by atoms with Crippen LogP contribution in [0.2, 0.25) is 0 Å². The lowest BCUT2D eigenvalue weighted by Crippen LogP contribution is -2.45. The highest BCUT2D eigenvalue weighted by Crippen LogP contribution is 2.16. The number of morpholine rings is 1. The Bertz CT molecular complexity index is 560. The van der Waals surface area contributed by atoms with E-state index in [0.29, 0.717) is 6.54 Å². The highest BCUT2D eigenvalue weighted by Gasteiger charge is 2.32. The number of aromatic nitrogens is 2. The van der Waals surface area contributed by atoms with Crippen molar-refractivity contribution in [2.24, 2.45) is 0 Å². The Morgan fingerprint density at radius 2 is 2.44 bits per heavy atom. The topological polar surface area (TPSA) is 88.2 Å². The quantitative estimate of drug-likeness (QED) is 0.760. The molecule has 1 unspecified atom stereocenters. The van der Waals surface area contributed by atoms with Gasteiger partial charge in [0.05, 0.1) is 25.5 Å². The van der Waals surface area contributed by atoms with Crippen LogP contribution in [-0.4, -0.2) is 48.1 Å². The number of nitrogens with zero attached hydrogens (tertiary/aromatic N) is 4. The van der Waals surface area contributed by atoms with Crippen LogP contribution in [0, 0.1) is 11.3 Å². The van der Waals surface area contributed by atoms with E-state index in [0.717, 1.165) is 0 Å². The maximum atomic E-state index is 12.3. The van der Waals surface area contributed by atoms with Gasteiger partial charge in [-0.15, -0.1) is 0 Å². The van der Waals surface area contributed by atoms with Crippen LogP contribution in [0.25, 0.3) is 0 Å². The predicted molar refractivity (Wildman–Crippen MR) is 62.0 cm³/mol. The Hall–Kier alpha value is -1.43. The van der Waals surface area contributed by atoms with Gasteiger partial charge in [-0.1, -0.05) is 0 Å². The first-order valence-electron chi connectivity index (χ1n) is 5.61. The molecule has 1 fully saturated rings. The monoisotopic (exact) mass is 270 g/mol. The van der Waals surface area contributed by atoms with Crippen molar-refractivity contribution in [3.8, 4) is 6.07 Å². The molecular weight excluding hydrogens is 256 g/mol. The van der Waals surface area contributed by atoms with E-state index in [-0.39, 0.29) is 24.7 Å². The van der Waals surface area contributed by atoms with Crippen molar-refractivity contribution in [3.63, 3.8) is 0 Å². The van der Waals surface area contributed by atoms with E-state index in [1.165, 1.54) is 16.8 Å². The van der Waals surface area contributed by atoms with Crippen molar-refractivity contribution in [1.82, 2.24) is 13.9 Å². The molecule has 2 heterocycles. The van der Waals surface area contributed by atoms with Gasteiger partial charge in [-0.3, -0.25) is 0 Å². The summed E-state index contributed by atoms with van der Waals surface area (Å²) in [5, 5.41) is 8.79. The van der Waals surface area contributed by atoms with E-state index >= 15 is 0 Å². The maximum absolute atomic E-state index is 12.3. The van der Waals surface area contributed by atoms with Crippen LogP contribution in [0.5, 0.6) is 0 Å². The van der Waals surface area contributed by atoms with Crippen molar-refractivity contribution in [1.29, 1.82) is 5.26 Å². The molecule has 2 rings (SSSR count). The van der Waals surface area contributed by atoms with E-state index in [4.69, 9.17) is 10.00 Å². The van der Waals surface area contributed by atoms with Gasteiger partial charge in [0.1, 0.15) is 0 Å². The molecule has 0 bridgehead atoms. The molecule has 1 aliphatic rings. The zero-order valence-electron chi connectivity index (χ0n) is 9.98. The van der Waals surface area contributed by atoms with Crippen LogP contribution in [0.3, 0.4) is 0 Å². The summed E-state index contributed by atoms with van der Waals surface area (Å²) in [6, 6.07) is 1.92. The van der Waals surface area contributed by atoms with Crippen molar-refractivity contribution in [2.45, 2.75) is 24.6 Å². The fraction of sp³-hybridized carbons (Fsp3) is 0.600. The van der Waals surface area contributed by atoms with Crippen molar-refractivity contribution in [3.05, 3.63) is 12.5 Å². The van der Waals surface area contributed by atoms with Crippen molar-refractivity contribution >= 4 is 10.0 Å². The van der Waals surface area contributed by atoms with E-state index in [9.17, 15) is 8.42 Å². The molecule has 0 aromatic carbocycles. The predicted octanol–water partition coefficient (Wildman–Crippen LogP) is -0.184. The first-order valence-corrected chi connectivity index (χ1v) is 7.05. The highest BCUT2D eigenvalue weighted by atomic mass is 32.2. The molecule has 1 atom stereocenters. The molecule has 1 aromatic heterocycles. The Balaban J connectivity index is 2.23. The second kappa shape index (κ2) is 5.06. The molecule has 0 radical (unpaired) electrons. The third-order valence-corrected chi connectivity index (χ3v) is 4.50. The third-order valence-electron chi connectivity index (χ3n) is 2.75. The Labute approximate surface area is 106 Å². The van der Waals surface area contributed by atoms with Gasteiger partial charge in [-0.05, 0) is 6.92 Å². The van der Waals surface area contributed by atoms with Gasteiger partial charge in [0, 0.05) is 19.3 Å². The first kappa shape index (κ1) is 13.0. The molecule has 98 valence electrons. The van der Waals surface area contributed by atoms with E-state index in [1.54, 1.807) is 4.57 Å². The first-order chi connectivity index (χ1) is 8.57. The van der Waals surface area contributed by atoms with Gasteiger partial charge >= 0.3 is 0 Å². The molecule has 1 aliphatic heterocycles. The van der Waals surface area contributed by atoms with Crippen LogP contribution in [-0.2, 0) is 21.3 Å². The third kappa shape index (κ3) is 2.38. The molecule has 1 aromatic rings. The number of sulfonamides is 1. The van der Waals surface area contributed by atoms with Gasteiger partial charge < -0.3 is 9.30 Å². The normalized spacial score (nSPS) is 21.7. The van der Waals surface area contributed by atoms with Crippen molar-refractivity contribution < 1.29 is 13.2 Å². The lowest BCUT2D eigenvalue weighted by atomic mass is 10.3. The van der Waals surface area contributed by atoms with Gasteiger partial charge in [0.15, 0.2) is 11.1 Å². The van der Waals surface area contributed by atoms with Crippen LogP contribution >= 0.6 is 0 Å². The summed E-state index contributed by atoms with van der Waals surface area (Å²) in [6.07, 6.45) is 2.27. The molecular formula is C10H14N4O3S. The fourth-order valence-corrected chi connectivity index (χ4v) is 3.06. The molecule has 18 heavy (non-hydrogen) atoms. The van der Waals surface area contributed by atoms with Crippen LogP contribution in [0.15, 0.2) is 17.6 Å². The minimum absolute atomic E-state index is 0.0166. The standard InChI is InChI=1S/C10H14N4O3S/c1-2-13-7-10(12-8-13)18(15,16)14-3-4-17-9(5-11)6-14/h7-9H,2-4,6H2,1H3. The minimum atomic E-state index is -3.62. The SMILES string of the molecule is CCn1cnc(S(=O)(=O)N2CCOC(C#N)C2)c1. The second-order valence-electron chi connectivity index (χ2n) is 3.89. The summed E-state index contributed by atoms with van der Waals surface area (Å²) < 4.78 is 32.6. The summed E-state index contributed by atoms with van der Waals surface area (Å²) in [4.78, 5) is 3.89. The zero-order valence-corrected chi connectivity index (χ0v) is 10.8. The van der Waals surface area contributed by atoms with Gasteiger partial charge in [0.2, 0.25) is 0 Å². The average molecular weight is 270 g/mol. The second-order valence-corrected chi connectivity index (χ2v) is 5.78. The summed E-state index contributed by atoms with van der Waals surface area (Å²) >= 11 is 0. The Morgan fingerprint density at radius 3 is 3.06 bits per heavy atom. The Kier molecular flexibility index (Phi) is 3.65.